The zero-order chi connectivity index (χ0) is 23.2. The van der Waals surface area contributed by atoms with E-state index in [1.54, 1.807) is 0 Å². The zero-order valence-electron chi connectivity index (χ0n) is 15.7. The summed E-state index contributed by atoms with van der Waals surface area (Å²) in [5.41, 5.74) is -0.792. The smallest absolute Gasteiger partial charge is 0.258 e. The zero-order valence-corrected chi connectivity index (χ0v) is 15.7. The Kier molecular flexibility index (Phi) is 4.62. The highest BCUT2D eigenvalue weighted by molar-refractivity contribution is 6.27. The van der Waals surface area contributed by atoms with Gasteiger partial charge in [-0.3, -0.25) is 40.5 Å². The molecular weight excluding hydrogens is 426 g/mol. The summed E-state index contributed by atoms with van der Waals surface area (Å²) in [6, 6.07) is 10.6. The van der Waals surface area contributed by atoms with Crippen molar-refractivity contribution in [2.75, 3.05) is 0 Å². The lowest BCUT2D eigenvalue weighted by molar-refractivity contribution is -0.393. The van der Waals surface area contributed by atoms with E-state index in [4.69, 9.17) is 0 Å². The van der Waals surface area contributed by atoms with Gasteiger partial charge in [-0.25, -0.2) is 4.99 Å². The predicted octanol–water partition coefficient (Wildman–Crippen LogP) is 4.47. The number of nitrogens with zero attached hydrogens (tertiary/aromatic N) is 5. The highest BCUT2D eigenvalue weighted by Crippen LogP contribution is 2.46. The predicted molar refractivity (Wildman–Crippen MR) is 110 cm³/mol. The molecule has 0 heterocycles. The molecule has 0 radical (unpaired) electrons. The monoisotopic (exact) mass is 435 g/mol. The topological polar surface area (TPSA) is 185 Å². The molecule has 0 N–H and O–H groups in total. The second-order valence-corrected chi connectivity index (χ2v) is 6.62. The summed E-state index contributed by atoms with van der Waals surface area (Å²) in [5, 5.41) is 45.1. The molecule has 0 saturated carbocycles. The number of hydrogen-bond donors (Lipinski definition) is 0. The summed E-state index contributed by atoms with van der Waals surface area (Å²) >= 11 is 0. The first-order chi connectivity index (χ1) is 15.2. The molecule has 3 aromatic rings. The Bertz CT molecular complexity index is 1380. The number of aliphatic imine (C=N–C) groups is 1. The lowest BCUT2D eigenvalue weighted by Crippen LogP contribution is -2.01. The third-order valence-electron chi connectivity index (χ3n) is 4.80. The Morgan fingerprint density at radius 3 is 1.69 bits per heavy atom. The molecule has 1 aliphatic rings. The van der Waals surface area contributed by atoms with Crippen LogP contribution in [-0.4, -0.2) is 25.4 Å². The Balaban J connectivity index is 2.03. The molecule has 0 unspecified atom stereocenters. The highest BCUT2D eigenvalue weighted by Gasteiger charge is 2.36. The van der Waals surface area contributed by atoms with Crippen LogP contribution in [0.15, 0.2) is 59.6 Å². The average Bonchev–Trinajstić information content (AvgIpc) is 3.06. The van der Waals surface area contributed by atoms with Gasteiger partial charge in [0.2, 0.25) is 0 Å². The molecule has 13 heteroatoms. The van der Waals surface area contributed by atoms with Gasteiger partial charge in [0, 0.05) is 41.5 Å². The number of fused-ring (bicyclic) bond motifs is 3. The number of hydrogen-bond acceptors (Lipinski definition) is 9. The summed E-state index contributed by atoms with van der Waals surface area (Å²) < 4.78 is 0. The van der Waals surface area contributed by atoms with Crippen LogP contribution < -0.4 is 0 Å². The molecule has 4 rings (SSSR count). The van der Waals surface area contributed by atoms with Gasteiger partial charge < -0.3 is 0 Å². The van der Waals surface area contributed by atoms with Crippen molar-refractivity contribution in [2.45, 2.75) is 0 Å². The second kappa shape index (κ2) is 7.32. The molecule has 0 bridgehead atoms. The first kappa shape index (κ1) is 20.2. The molecule has 0 spiro atoms. The second-order valence-electron chi connectivity index (χ2n) is 6.62. The molecule has 3 aromatic carbocycles. The van der Waals surface area contributed by atoms with Crippen molar-refractivity contribution >= 4 is 34.1 Å². The van der Waals surface area contributed by atoms with E-state index >= 15 is 0 Å². The molecule has 0 saturated heterocycles. The van der Waals surface area contributed by atoms with Gasteiger partial charge in [-0.15, -0.1) is 0 Å². The fraction of sp³-hybridized carbons (Fsp3) is 0. The Labute approximate surface area is 176 Å². The van der Waals surface area contributed by atoms with E-state index in [-0.39, 0.29) is 45.0 Å². The van der Waals surface area contributed by atoms with E-state index < -0.39 is 31.1 Å². The maximum absolute atomic E-state index is 11.7. The number of rotatable bonds is 5. The average molecular weight is 435 g/mol. The van der Waals surface area contributed by atoms with Gasteiger partial charge in [-0.05, 0) is 23.8 Å². The molecule has 13 nitrogen and oxygen atoms in total. The Morgan fingerprint density at radius 2 is 1.12 bits per heavy atom. The minimum atomic E-state index is -0.789. The molecule has 0 aliphatic heterocycles. The summed E-state index contributed by atoms with van der Waals surface area (Å²) in [6.07, 6.45) is 0. The van der Waals surface area contributed by atoms with Crippen LogP contribution >= 0.6 is 0 Å². The number of non-ortho nitro benzene ring substituents is 3. The van der Waals surface area contributed by atoms with Crippen molar-refractivity contribution in [1.29, 1.82) is 0 Å². The third-order valence-corrected chi connectivity index (χ3v) is 4.80. The minimum absolute atomic E-state index is 0.0411. The third kappa shape index (κ3) is 3.28. The maximum atomic E-state index is 11.7. The number of benzene rings is 3. The van der Waals surface area contributed by atoms with Crippen LogP contribution in [0, 0.1) is 40.5 Å². The van der Waals surface area contributed by atoms with Crippen LogP contribution in [0.3, 0.4) is 0 Å². The summed E-state index contributed by atoms with van der Waals surface area (Å²) in [7, 11) is 0. The fourth-order valence-electron chi connectivity index (χ4n) is 3.43. The first-order valence-corrected chi connectivity index (χ1v) is 8.77. The van der Waals surface area contributed by atoms with Gasteiger partial charge in [-0.2, -0.15) is 0 Å². The van der Waals surface area contributed by atoms with Crippen molar-refractivity contribution in [3.05, 3.63) is 106 Å². The van der Waals surface area contributed by atoms with Gasteiger partial charge in [-0.1, -0.05) is 0 Å². The van der Waals surface area contributed by atoms with E-state index in [9.17, 15) is 40.5 Å². The van der Waals surface area contributed by atoms with Crippen molar-refractivity contribution in [3.8, 4) is 11.1 Å². The highest BCUT2D eigenvalue weighted by atomic mass is 16.6. The van der Waals surface area contributed by atoms with E-state index in [0.717, 1.165) is 12.1 Å². The van der Waals surface area contributed by atoms with Gasteiger partial charge in [0.05, 0.1) is 42.7 Å². The quantitative estimate of drug-likeness (QED) is 0.324. The van der Waals surface area contributed by atoms with Gasteiger partial charge in [0.1, 0.15) is 0 Å². The lowest BCUT2D eigenvalue weighted by Gasteiger charge is -2.03. The van der Waals surface area contributed by atoms with E-state index in [1.807, 2.05) is 0 Å². The summed E-state index contributed by atoms with van der Waals surface area (Å²) in [5.74, 6) is 0. The van der Waals surface area contributed by atoms with Crippen molar-refractivity contribution in [3.63, 3.8) is 0 Å². The molecule has 158 valence electrons. The summed E-state index contributed by atoms with van der Waals surface area (Å²) in [4.78, 5) is 46.7. The molecule has 0 amide bonds. The van der Waals surface area contributed by atoms with Crippen molar-refractivity contribution in [2.24, 2.45) is 4.99 Å². The van der Waals surface area contributed by atoms with Crippen LogP contribution in [0.5, 0.6) is 0 Å². The Hall–Kier alpha value is -5.07. The largest absolute Gasteiger partial charge is 0.284 e. The van der Waals surface area contributed by atoms with Crippen molar-refractivity contribution in [1.82, 2.24) is 0 Å². The molecule has 0 aromatic heterocycles. The first-order valence-electron chi connectivity index (χ1n) is 8.77. The normalized spacial score (nSPS) is 12.8. The van der Waals surface area contributed by atoms with Crippen LogP contribution in [0.25, 0.3) is 11.1 Å². The van der Waals surface area contributed by atoms with E-state index in [0.29, 0.717) is 0 Å². The Morgan fingerprint density at radius 1 is 0.562 bits per heavy atom. The van der Waals surface area contributed by atoms with Crippen LogP contribution in [0.1, 0.15) is 11.1 Å². The summed E-state index contributed by atoms with van der Waals surface area (Å²) in [6.45, 7) is 0. The lowest BCUT2D eigenvalue weighted by atomic mass is 10.0. The number of nitro groups is 4. The van der Waals surface area contributed by atoms with Gasteiger partial charge >= 0.3 is 0 Å². The number of nitro benzene ring substituents is 4. The molecular formula is C19H9N5O8. The fourth-order valence-corrected chi connectivity index (χ4v) is 3.43. The van der Waals surface area contributed by atoms with Crippen LogP contribution in [0.4, 0.5) is 28.4 Å². The van der Waals surface area contributed by atoms with E-state index in [2.05, 4.69) is 4.99 Å². The molecule has 0 fully saturated rings. The molecule has 0 atom stereocenters. The SMILES string of the molecule is O=[N+]([O-])c1ccc(N=C2c3cc([N+](=O)[O-])ccc3-c3c2cc([N+](=O)[O-])cc3[N+](=O)[O-])cc1. The van der Waals surface area contributed by atoms with E-state index in [1.165, 1.54) is 42.5 Å². The van der Waals surface area contributed by atoms with Crippen molar-refractivity contribution < 1.29 is 19.7 Å². The van der Waals surface area contributed by atoms with Gasteiger partial charge in [0.25, 0.3) is 22.7 Å². The maximum Gasteiger partial charge on any atom is 0.284 e. The minimum Gasteiger partial charge on any atom is -0.258 e. The molecule has 1 aliphatic carbocycles. The van der Waals surface area contributed by atoms with Crippen LogP contribution in [0.2, 0.25) is 0 Å². The van der Waals surface area contributed by atoms with Gasteiger partial charge in [0.15, 0.2) is 0 Å². The van der Waals surface area contributed by atoms with Crippen LogP contribution in [-0.2, 0) is 0 Å². The molecule has 32 heavy (non-hydrogen) atoms. The standard InChI is InChI=1S/C19H9N5O8/c25-21(26)11-3-1-10(2-4-11)20-19-15-7-12(22(27)28)5-6-14(15)18-16(19)8-13(23(29)30)9-17(18)24(31)32/h1-9H.